The highest BCUT2D eigenvalue weighted by molar-refractivity contribution is 8.18. The van der Waals surface area contributed by atoms with E-state index < -0.39 is 36.2 Å². The van der Waals surface area contributed by atoms with Gasteiger partial charge in [0.1, 0.15) is 12.3 Å². The van der Waals surface area contributed by atoms with Crippen molar-refractivity contribution in [2.75, 3.05) is 32.2 Å². The highest BCUT2D eigenvalue weighted by Crippen LogP contribution is 2.34. The molecule has 1 saturated heterocycles. The number of benzene rings is 2. The van der Waals surface area contributed by atoms with Crippen molar-refractivity contribution in [2.45, 2.75) is 6.92 Å². The smallest absolute Gasteiger partial charge is 0.341 e. The van der Waals surface area contributed by atoms with Crippen LogP contribution < -0.4 is 19.5 Å². The lowest BCUT2D eigenvalue weighted by Gasteiger charge is -2.13. The van der Waals surface area contributed by atoms with Crippen LogP contribution in [0.5, 0.6) is 17.2 Å². The van der Waals surface area contributed by atoms with Crippen LogP contribution in [0.2, 0.25) is 0 Å². The van der Waals surface area contributed by atoms with Crippen LogP contribution in [0.25, 0.3) is 6.08 Å². The van der Waals surface area contributed by atoms with Gasteiger partial charge in [-0.3, -0.25) is 19.3 Å². The van der Waals surface area contributed by atoms with Crippen molar-refractivity contribution in [3.8, 4) is 17.2 Å². The standard InChI is InChI=1S/C23H22N2O8S/c1-3-32-18-10-14(4-9-17(18)33-13-21(27)28)11-19-22(29)25(23(30)34-19)12-20(26)24-15-5-7-16(31-2)8-6-15/h4-11H,3,12-13H2,1-2H3,(H,24,26)(H,27,28)/b19-11+. The molecular weight excluding hydrogens is 464 g/mol. The molecule has 2 aromatic rings. The van der Waals surface area contributed by atoms with E-state index in [0.29, 0.717) is 29.4 Å². The lowest BCUT2D eigenvalue weighted by Crippen LogP contribution is -2.36. The number of carbonyl (C=O) groups is 4. The molecule has 0 aromatic heterocycles. The molecule has 34 heavy (non-hydrogen) atoms. The average Bonchev–Trinajstić information content (AvgIpc) is 3.06. The molecule has 1 heterocycles. The van der Waals surface area contributed by atoms with Crippen molar-refractivity contribution in [1.82, 2.24) is 4.90 Å². The highest BCUT2D eigenvalue weighted by Gasteiger charge is 2.36. The number of rotatable bonds is 10. The first-order valence-corrected chi connectivity index (χ1v) is 10.9. The number of amides is 3. The fourth-order valence-corrected chi connectivity index (χ4v) is 3.79. The van der Waals surface area contributed by atoms with Gasteiger partial charge in [0.05, 0.1) is 18.6 Å². The number of hydrogen-bond donors (Lipinski definition) is 2. The van der Waals surface area contributed by atoms with Crippen molar-refractivity contribution in [3.63, 3.8) is 0 Å². The van der Waals surface area contributed by atoms with Gasteiger partial charge in [0.2, 0.25) is 5.91 Å². The van der Waals surface area contributed by atoms with Crippen LogP contribution in [0.4, 0.5) is 10.5 Å². The van der Waals surface area contributed by atoms with Gasteiger partial charge in [0.15, 0.2) is 18.1 Å². The summed E-state index contributed by atoms with van der Waals surface area (Å²) in [7, 11) is 1.53. The van der Waals surface area contributed by atoms with Gasteiger partial charge in [-0.25, -0.2) is 4.79 Å². The first-order valence-electron chi connectivity index (χ1n) is 10.1. The summed E-state index contributed by atoms with van der Waals surface area (Å²) in [5.74, 6) is -1.07. The number of imide groups is 1. The Bertz CT molecular complexity index is 1130. The third kappa shape index (κ3) is 6.29. The van der Waals surface area contributed by atoms with E-state index in [-0.39, 0.29) is 10.7 Å². The van der Waals surface area contributed by atoms with Crippen LogP contribution >= 0.6 is 11.8 Å². The molecule has 1 aliphatic rings. The SMILES string of the molecule is CCOc1cc(/C=C2/SC(=O)N(CC(=O)Nc3ccc(OC)cc3)C2=O)ccc1OCC(=O)O. The highest BCUT2D eigenvalue weighted by atomic mass is 32.2. The summed E-state index contributed by atoms with van der Waals surface area (Å²) >= 11 is 0.720. The molecular formula is C23H22N2O8S. The quantitative estimate of drug-likeness (QED) is 0.486. The molecule has 0 atom stereocenters. The molecule has 3 rings (SSSR count). The van der Waals surface area contributed by atoms with Crippen molar-refractivity contribution in [1.29, 1.82) is 0 Å². The van der Waals surface area contributed by atoms with Gasteiger partial charge in [-0.05, 0) is 66.7 Å². The van der Waals surface area contributed by atoms with Gasteiger partial charge < -0.3 is 24.6 Å². The lowest BCUT2D eigenvalue weighted by atomic mass is 10.2. The molecule has 10 nitrogen and oxygen atoms in total. The van der Waals surface area contributed by atoms with Gasteiger partial charge in [-0.1, -0.05) is 6.07 Å². The Kier molecular flexibility index (Phi) is 8.14. The fraction of sp³-hybridized carbons (Fsp3) is 0.217. The molecule has 0 radical (unpaired) electrons. The minimum atomic E-state index is -1.13. The van der Waals surface area contributed by atoms with Gasteiger partial charge in [-0.2, -0.15) is 0 Å². The van der Waals surface area contributed by atoms with E-state index in [0.717, 1.165) is 16.7 Å². The second-order valence-electron chi connectivity index (χ2n) is 6.87. The summed E-state index contributed by atoms with van der Waals surface area (Å²) in [6.45, 7) is 1.11. The van der Waals surface area contributed by atoms with Gasteiger partial charge in [0.25, 0.3) is 11.1 Å². The van der Waals surface area contributed by atoms with Gasteiger partial charge in [0, 0.05) is 5.69 Å². The van der Waals surface area contributed by atoms with Gasteiger partial charge in [-0.15, -0.1) is 0 Å². The Balaban J connectivity index is 1.70. The van der Waals surface area contributed by atoms with Gasteiger partial charge >= 0.3 is 5.97 Å². The van der Waals surface area contributed by atoms with E-state index in [1.807, 2.05) is 0 Å². The molecule has 3 amide bonds. The van der Waals surface area contributed by atoms with Crippen LogP contribution in [0.1, 0.15) is 12.5 Å². The lowest BCUT2D eigenvalue weighted by molar-refractivity contribution is -0.139. The maximum Gasteiger partial charge on any atom is 0.341 e. The Labute approximate surface area is 199 Å². The molecule has 178 valence electrons. The van der Waals surface area contributed by atoms with Crippen LogP contribution in [0, 0.1) is 0 Å². The molecule has 0 unspecified atom stereocenters. The number of ether oxygens (including phenoxy) is 3. The van der Waals surface area contributed by atoms with E-state index in [1.165, 1.54) is 19.3 Å². The van der Waals surface area contributed by atoms with E-state index >= 15 is 0 Å². The second kappa shape index (κ2) is 11.2. The zero-order valence-electron chi connectivity index (χ0n) is 18.4. The molecule has 2 aromatic carbocycles. The number of nitrogens with one attached hydrogen (secondary N) is 1. The van der Waals surface area contributed by atoms with Crippen LogP contribution in [0.15, 0.2) is 47.4 Å². The fourth-order valence-electron chi connectivity index (χ4n) is 2.95. The normalized spacial score (nSPS) is 14.3. The summed E-state index contributed by atoms with van der Waals surface area (Å²) in [6, 6.07) is 11.3. The number of nitrogens with zero attached hydrogens (tertiary/aromatic N) is 1. The third-order valence-electron chi connectivity index (χ3n) is 4.47. The molecule has 1 fully saturated rings. The predicted octanol–water partition coefficient (Wildman–Crippen LogP) is 3.23. The number of aliphatic carboxylic acids is 1. The molecule has 1 aliphatic heterocycles. The Morgan fingerprint density at radius 3 is 2.47 bits per heavy atom. The van der Waals surface area contributed by atoms with E-state index in [1.54, 1.807) is 43.3 Å². The summed E-state index contributed by atoms with van der Waals surface area (Å²) in [6.07, 6.45) is 1.50. The number of hydrogen-bond acceptors (Lipinski definition) is 8. The topological polar surface area (TPSA) is 131 Å². The molecule has 0 aliphatic carbocycles. The maximum atomic E-state index is 12.7. The van der Waals surface area contributed by atoms with Crippen molar-refractivity contribution in [3.05, 3.63) is 52.9 Å². The minimum absolute atomic E-state index is 0.143. The molecule has 2 N–H and O–H groups in total. The second-order valence-corrected chi connectivity index (χ2v) is 7.86. The molecule has 0 bridgehead atoms. The number of thioether (sulfide) groups is 1. The first kappa shape index (κ1) is 24.6. The maximum absolute atomic E-state index is 12.7. The minimum Gasteiger partial charge on any atom is -0.497 e. The summed E-state index contributed by atoms with van der Waals surface area (Å²) in [5, 5.41) is 10.9. The third-order valence-corrected chi connectivity index (χ3v) is 5.37. The number of carboxylic acids is 1. The Hall–Kier alpha value is -3.99. The Morgan fingerprint density at radius 1 is 1.09 bits per heavy atom. The van der Waals surface area contributed by atoms with Crippen LogP contribution in [-0.2, 0) is 14.4 Å². The van der Waals surface area contributed by atoms with E-state index in [4.69, 9.17) is 19.3 Å². The molecule has 0 spiro atoms. The average molecular weight is 487 g/mol. The predicted molar refractivity (Wildman–Crippen MR) is 125 cm³/mol. The molecule has 0 saturated carbocycles. The van der Waals surface area contributed by atoms with Crippen molar-refractivity contribution >= 4 is 46.5 Å². The first-order chi connectivity index (χ1) is 16.3. The molecule has 11 heteroatoms. The number of methoxy groups -OCH3 is 1. The number of carboxylic acid groups (broad SMARTS) is 1. The number of carbonyl (C=O) groups excluding carboxylic acids is 3. The summed E-state index contributed by atoms with van der Waals surface area (Å²) in [4.78, 5) is 49.2. The number of anilines is 1. The van der Waals surface area contributed by atoms with Crippen LogP contribution in [-0.4, -0.2) is 59.9 Å². The van der Waals surface area contributed by atoms with Crippen molar-refractivity contribution in [2.24, 2.45) is 0 Å². The Morgan fingerprint density at radius 2 is 1.82 bits per heavy atom. The zero-order valence-corrected chi connectivity index (χ0v) is 19.2. The van der Waals surface area contributed by atoms with Crippen molar-refractivity contribution < 1.29 is 38.5 Å². The van der Waals surface area contributed by atoms with E-state index in [9.17, 15) is 19.2 Å². The largest absolute Gasteiger partial charge is 0.497 e. The van der Waals surface area contributed by atoms with E-state index in [2.05, 4.69) is 5.32 Å². The zero-order chi connectivity index (χ0) is 24.7. The summed E-state index contributed by atoms with van der Waals surface area (Å²) in [5.41, 5.74) is 1.04. The monoisotopic (exact) mass is 486 g/mol. The van der Waals surface area contributed by atoms with Crippen LogP contribution in [0.3, 0.4) is 0 Å². The summed E-state index contributed by atoms with van der Waals surface area (Å²) < 4.78 is 15.8.